The number of anilines is 1. The molecule has 0 fully saturated rings. The van der Waals surface area contributed by atoms with Crippen LogP contribution in [-0.2, 0) is 0 Å². The Bertz CT molecular complexity index is 557. The molecular weight excluding hydrogens is 229 g/mol. The molecule has 0 aliphatic heterocycles. The minimum absolute atomic E-state index is 0.0437. The van der Waals surface area contributed by atoms with E-state index in [0.29, 0.717) is 0 Å². The van der Waals surface area contributed by atoms with E-state index in [1.54, 1.807) is 0 Å². The molecule has 0 unspecified atom stereocenters. The lowest BCUT2D eigenvalue weighted by Gasteiger charge is -2.04. The Kier molecular flexibility index (Phi) is 2.19. The van der Waals surface area contributed by atoms with Crippen molar-refractivity contribution in [1.82, 2.24) is 4.98 Å². The summed E-state index contributed by atoms with van der Waals surface area (Å²) in [5.41, 5.74) is 5.13. The molecule has 1 aromatic heterocycles. The lowest BCUT2D eigenvalue weighted by Crippen LogP contribution is -1.97. The van der Waals surface area contributed by atoms with Crippen LogP contribution in [-0.4, -0.2) is 4.98 Å². The monoisotopic (exact) mass is 232 g/mol. The van der Waals surface area contributed by atoms with Gasteiger partial charge in [0.05, 0.1) is 16.9 Å². The Morgan fingerprint density at radius 1 is 1.20 bits per heavy atom. The largest absolute Gasteiger partial charge is 0.396 e. The number of hydrogen-bond acceptors (Lipinski definition) is 2. The van der Waals surface area contributed by atoms with Crippen LogP contribution >= 0.6 is 11.6 Å². The SMILES string of the molecule is Nc1cnc2c(F)c(F)c(F)cc2c1Cl. The number of fused-ring (bicyclic) bond motifs is 1. The lowest BCUT2D eigenvalue weighted by atomic mass is 10.2. The number of nitrogen functional groups attached to an aromatic ring is 1. The summed E-state index contributed by atoms with van der Waals surface area (Å²) in [6.45, 7) is 0. The van der Waals surface area contributed by atoms with Gasteiger partial charge < -0.3 is 5.73 Å². The fraction of sp³-hybridized carbons (Fsp3) is 0. The molecule has 0 atom stereocenters. The van der Waals surface area contributed by atoms with E-state index in [9.17, 15) is 13.2 Å². The molecule has 6 heteroatoms. The molecule has 2 nitrogen and oxygen atoms in total. The molecular formula is C9H4ClF3N2. The first-order valence-corrected chi connectivity index (χ1v) is 4.27. The van der Waals surface area contributed by atoms with Crippen LogP contribution in [0.2, 0.25) is 5.02 Å². The molecule has 1 heterocycles. The van der Waals surface area contributed by atoms with Crippen molar-refractivity contribution in [3.63, 3.8) is 0 Å². The zero-order valence-electron chi connectivity index (χ0n) is 7.19. The number of benzene rings is 1. The summed E-state index contributed by atoms with van der Waals surface area (Å²) in [4.78, 5) is 3.55. The van der Waals surface area contributed by atoms with Gasteiger partial charge in [0.25, 0.3) is 0 Å². The molecule has 2 rings (SSSR count). The molecule has 0 bridgehead atoms. The maximum absolute atomic E-state index is 13.2. The highest BCUT2D eigenvalue weighted by Gasteiger charge is 2.17. The first kappa shape index (κ1) is 10.0. The fourth-order valence-electron chi connectivity index (χ4n) is 1.23. The van der Waals surface area contributed by atoms with Gasteiger partial charge in [-0.05, 0) is 6.07 Å². The molecule has 0 saturated carbocycles. The molecule has 2 N–H and O–H groups in total. The van der Waals surface area contributed by atoms with Gasteiger partial charge >= 0.3 is 0 Å². The van der Waals surface area contributed by atoms with Crippen molar-refractivity contribution in [2.24, 2.45) is 0 Å². The van der Waals surface area contributed by atoms with Crippen LogP contribution in [0.3, 0.4) is 0 Å². The molecule has 0 amide bonds. The Balaban J connectivity index is 2.98. The second-order valence-electron chi connectivity index (χ2n) is 2.91. The average Bonchev–Trinajstić information content (AvgIpc) is 2.21. The molecule has 0 spiro atoms. The molecule has 1 aromatic carbocycles. The van der Waals surface area contributed by atoms with E-state index in [1.165, 1.54) is 0 Å². The number of rotatable bonds is 0. The summed E-state index contributed by atoms with van der Waals surface area (Å²) >= 11 is 5.70. The van der Waals surface area contributed by atoms with Gasteiger partial charge in [-0.1, -0.05) is 11.6 Å². The molecule has 2 aromatic rings. The van der Waals surface area contributed by atoms with Gasteiger partial charge in [-0.2, -0.15) is 0 Å². The van der Waals surface area contributed by atoms with Gasteiger partial charge in [0.2, 0.25) is 0 Å². The predicted molar refractivity (Wildman–Crippen MR) is 51.0 cm³/mol. The Morgan fingerprint density at radius 2 is 1.87 bits per heavy atom. The fourth-order valence-corrected chi connectivity index (χ4v) is 1.42. The van der Waals surface area contributed by atoms with E-state index in [0.717, 1.165) is 12.3 Å². The van der Waals surface area contributed by atoms with Crippen molar-refractivity contribution >= 4 is 28.2 Å². The van der Waals surface area contributed by atoms with Crippen LogP contribution in [0.4, 0.5) is 18.9 Å². The van der Waals surface area contributed by atoms with Gasteiger partial charge in [-0.15, -0.1) is 0 Å². The van der Waals surface area contributed by atoms with Crippen molar-refractivity contribution in [3.8, 4) is 0 Å². The van der Waals surface area contributed by atoms with Crippen molar-refractivity contribution in [2.75, 3.05) is 5.73 Å². The lowest BCUT2D eigenvalue weighted by molar-refractivity contribution is 0.452. The van der Waals surface area contributed by atoms with Crippen LogP contribution in [0.1, 0.15) is 0 Å². The van der Waals surface area contributed by atoms with Gasteiger partial charge in [-0.25, -0.2) is 13.2 Å². The standard InChI is InChI=1S/C9H4ClF3N2/c10-6-3-1-4(11)7(12)8(13)9(3)15-2-5(6)14/h1-2H,14H2. The maximum Gasteiger partial charge on any atom is 0.196 e. The van der Waals surface area contributed by atoms with Crippen molar-refractivity contribution in [3.05, 3.63) is 34.7 Å². The van der Waals surface area contributed by atoms with E-state index in [-0.39, 0.29) is 21.6 Å². The highest BCUT2D eigenvalue weighted by Crippen LogP contribution is 2.30. The molecule has 0 radical (unpaired) electrons. The summed E-state index contributed by atoms with van der Waals surface area (Å²) in [6, 6.07) is 0.763. The van der Waals surface area contributed by atoms with Crippen molar-refractivity contribution in [2.45, 2.75) is 0 Å². The maximum atomic E-state index is 13.2. The number of nitrogens with two attached hydrogens (primary N) is 1. The van der Waals surface area contributed by atoms with Gasteiger partial charge in [0, 0.05) is 5.39 Å². The van der Waals surface area contributed by atoms with Gasteiger partial charge in [0.1, 0.15) is 5.52 Å². The number of nitrogens with zero attached hydrogens (tertiary/aromatic N) is 1. The summed E-state index contributed by atoms with van der Waals surface area (Å²) < 4.78 is 38.9. The summed E-state index contributed by atoms with van der Waals surface area (Å²) in [7, 11) is 0. The normalized spacial score (nSPS) is 10.9. The summed E-state index contributed by atoms with van der Waals surface area (Å²) in [6.07, 6.45) is 1.09. The first-order chi connectivity index (χ1) is 7.02. The molecule has 78 valence electrons. The van der Waals surface area contributed by atoms with E-state index >= 15 is 0 Å². The number of pyridine rings is 1. The van der Waals surface area contributed by atoms with Crippen LogP contribution < -0.4 is 5.73 Å². The number of hydrogen-bond donors (Lipinski definition) is 1. The second kappa shape index (κ2) is 3.27. The highest BCUT2D eigenvalue weighted by atomic mass is 35.5. The minimum atomic E-state index is -1.57. The summed E-state index contributed by atoms with van der Waals surface area (Å²) in [5.74, 6) is -4.27. The van der Waals surface area contributed by atoms with E-state index in [2.05, 4.69) is 4.98 Å². The van der Waals surface area contributed by atoms with Gasteiger partial charge in [0.15, 0.2) is 17.5 Å². The van der Waals surface area contributed by atoms with E-state index < -0.39 is 17.5 Å². The molecule has 0 saturated heterocycles. The van der Waals surface area contributed by atoms with Crippen molar-refractivity contribution in [1.29, 1.82) is 0 Å². The van der Waals surface area contributed by atoms with Crippen LogP contribution in [0.5, 0.6) is 0 Å². The van der Waals surface area contributed by atoms with Crippen LogP contribution in [0, 0.1) is 17.5 Å². The third-order valence-electron chi connectivity index (χ3n) is 1.96. The first-order valence-electron chi connectivity index (χ1n) is 3.89. The van der Waals surface area contributed by atoms with Gasteiger partial charge in [-0.3, -0.25) is 4.98 Å². The smallest absolute Gasteiger partial charge is 0.196 e. The molecule has 0 aliphatic carbocycles. The highest BCUT2D eigenvalue weighted by molar-refractivity contribution is 6.37. The van der Waals surface area contributed by atoms with Crippen molar-refractivity contribution < 1.29 is 13.2 Å². The second-order valence-corrected chi connectivity index (χ2v) is 3.29. The quantitative estimate of drug-likeness (QED) is 0.710. The zero-order valence-corrected chi connectivity index (χ0v) is 7.95. The Hall–Kier alpha value is -1.49. The van der Waals surface area contributed by atoms with E-state index in [4.69, 9.17) is 17.3 Å². The average molecular weight is 233 g/mol. The topological polar surface area (TPSA) is 38.9 Å². The number of aromatic nitrogens is 1. The third kappa shape index (κ3) is 1.39. The number of halogens is 4. The van der Waals surface area contributed by atoms with Crippen LogP contribution in [0.25, 0.3) is 10.9 Å². The minimum Gasteiger partial charge on any atom is -0.396 e. The molecule has 15 heavy (non-hydrogen) atoms. The Labute approximate surface area is 87.5 Å². The third-order valence-corrected chi connectivity index (χ3v) is 2.38. The molecule has 0 aliphatic rings. The zero-order chi connectivity index (χ0) is 11.2. The van der Waals surface area contributed by atoms with E-state index in [1.807, 2.05) is 0 Å². The Morgan fingerprint density at radius 3 is 2.53 bits per heavy atom. The predicted octanol–water partition coefficient (Wildman–Crippen LogP) is 2.89. The summed E-state index contributed by atoms with van der Waals surface area (Å²) in [5, 5.41) is -0.0918. The van der Waals surface area contributed by atoms with Crippen LogP contribution in [0.15, 0.2) is 12.3 Å².